The molecule has 0 aliphatic rings. The van der Waals surface area contributed by atoms with E-state index in [9.17, 15) is 9.18 Å². The van der Waals surface area contributed by atoms with Crippen molar-refractivity contribution in [2.75, 3.05) is 13.8 Å². The summed E-state index contributed by atoms with van der Waals surface area (Å²) in [5.41, 5.74) is 0.116. The summed E-state index contributed by atoms with van der Waals surface area (Å²) in [6, 6.07) is 3.46. The third kappa shape index (κ3) is 3.21. The van der Waals surface area contributed by atoms with Crippen molar-refractivity contribution in [1.82, 2.24) is 4.90 Å². The third-order valence-electron chi connectivity index (χ3n) is 1.86. The zero-order valence-corrected chi connectivity index (χ0v) is 8.63. The number of hydrogen-bond acceptors (Lipinski definition) is 4. The van der Waals surface area contributed by atoms with Gasteiger partial charge in [-0.1, -0.05) is 6.07 Å². The first kappa shape index (κ1) is 12.5. The van der Waals surface area contributed by atoms with Gasteiger partial charge in [-0.15, -0.1) is 0 Å². The molecule has 5 nitrogen and oxygen atoms in total. The number of nitrogens with zero attached hydrogens (tertiary/aromatic N) is 1. The Morgan fingerprint density at radius 3 is 2.81 bits per heavy atom. The average molecular weight is 227 g/mol. The fraction of sp³-hybridized carbons (Fsp3) is 0.222. The van der Waals surface area contributed by atoms with Gasteiger partial charge in [-0.05, 0) is 17.6 Å². The number of hydrogen-bond donors (Lipinski definition) is 2. The number of benzene rings is 1. The standard InChI is InChI=1S/C9H11BFNO4/c1-12(5-13)6-16-9-4-7(10(14)15)2-3-8(9)11/h2-5,14-15H,6H2,1H3. The molecule has 86 valence electrons. The van der Waals surface area contributed by atoms with Crippen molar-refractivity contribution in [3.8, 4) is 5.75 Å². The average Bonchev–Trinajstić information content (AvgIpc) is 2.27. The van der Waals surface area contributed by atoms with Gasteiger partial charge in [0.2, 0.25) is 6.41 Å². The molecular formula is C9H11BFNO4. The van der Waals surface area contributed by atoms with Gasteiger partial charge in [0.05, 0.1) is 0 Å². The van der Waals surface area contributed by atoms with E-state index in [0.29, 0.717) is 6.41 Å². The summed E-state index contributed by atoms with van der Waals surface area (Å²) in [6.45, 7) is -0.120. The highest BCUT2D eigenvalue weighted by molar-refractivity contribution is 6.58. The van der Waals surface area contributed by atoms with Crippen LogP contribution in [0.4, 0.5) is 4.39 Å². The first-order chi connectivity index (χ1) is 7.54. The van der Waals surface area contributed by atoms with Crippen LogP contribution in [-0.4, -0.2) is 42.3 Å². The van der Waals surface area contributed by atoms with Crippen LogP contribution in [0.15, 0.2) is 18.2 Å². The molecule has 16 heavy (non-hydrogen) atoms. The van der Waals surface area contributed by atoms with Crippen LogP contribution in [0.25, 0.3) is 0 Å². The molecule has 0 aliphatic carbocycles. The van der Waals surface area contributed by atoms with Gasteiger partial charge in [-0.2, -0.15) is 0 Å². The lowest BCUT2D eigenvalue weighted by molar-refractivity contribution is -0.119. The normalized spacial score (nSPS) is 9.75. The summed E-state index contributed by atoms with van der Waals surface area (Å²) < 4.78 is 18.2. The van der Waals surface area contributed by atoms with Gasteiger partial charge in [0.1, 0.15) is 0 Å². The van der Waals surface area contributed by atoms with Crippen LogP contribution in [-0.2, 0) is 4.79 Å². The number of ether oxygens (including phenoxy) is 1. The quantitative estimate of drug-likeness (QED) is 0.381. The number of halogens is 1. The Morgan fingerprint density at radius 1 is 1.56 bits per heavy atom. The topological polar surface area (TPSA) is 70.0 Å². The molecule has 0 fully saturated rings. The van der Waals surface area contributed by atoms with E-state index in [4.69, 9.17) is 14.8 Å². The lowest BCUT2D eigenvalue weighted by Gasteiger charge is -2.13. The molecular weight excluding hydrogens is 216 g/mol. The van der Waals surface area contributed by atoms with Crippen molar-refractivity contribution in [2.24, 2.45) is 0 Å². The molecule has 1 aromatic rings. The van der Waals surface area contributed by atoms with Crippen LogP contribution in [0.1, 0.15) is 0 Å². The highest BCUT2D eigenvalue weighted by Crippen LogP contribution is 2.14. The molecule has 0 radical (unpaired) electrons. The second-order valence-corrected chi connectivity index (χ2v) is 3.20. The number of rotatable bonds is 5. The van der Waals surface area contributed by atoms with Gasteiger partial charge in [0.15, 0.2) is 18.3 Å². The van der Waals surface area contributed by atoms with Crippen molar-refractivity contribution >= 4 is 19.0 Å². The molecule has 0 spiro atoms. The van der Waals surface area contributed by atoms with Gasteiger partial charge in [-0.3, -0.25) is 4.79 Å². The first-order valence-electron chi connectivity index (χ1n) is 4.48. The summed E-state index contributed by atoms with van der Waals surface area (Å²) >= 11 is 0. The Labute approximate surface area is 92.2 Å². The molecule has 0 atom stereocenters. The molecule has 2 N–H and O–H groups in total. The van der Waals surface area contributed by atoms with Crippen molar-refractivity contribution in [3.63, 3.8) is 0 Å². The summed E-state index contributed by atoms with van der Waals surface area (Å²) in [6.07, 6.45) is 0.530. The Hall–Kier alpha value is -1.60. The molecule has 7 heteroatoms. The minimum Gasteiger partial charge on any atom is -0.470 e. The minimum atomic E-state index is -1.69. The molecule has 0 aromatic heterocycles. The van der Waals surface area contributed by atoms with Gasteiger partial charge >= 0.3 is 7.12 Å². The minimum absolute atomic E-state index is 0.116. The molecule has 0 saturated heterocycles. The van der Waals surface area contributed by atoms with Gasteiger partial charge in [0, 0.05) is 7.05 Å². The number of amides is 1. The van der Waals surface area contributed by atoms with E-state index in [1.54, 1.807) is 0 Å². The first-order valence-corrected chi connectivity index (χ1v) is 4.48. The summed E-state index contributed by atoms with van der Waals surface area (Å²) in [4.78, 5) is 11.4. The van der Waals surface area contributed by atoms with Gasteiger partial charge in [-0.25, -0.2) is 4.39 Å². The number of carbonyl (C=O) groups excluding carboxylic acids is 1. The lowest BCUT2D eigenvalue weighted by atomic mass is 9.80. The largest absolute Gasteiger partial charge is 0.488 e. The van der Waals surface area contributed by atoms with Crippen LogP contribution in [0.3, 0.4) is 0 Å². The third-order valence-corrected chi connectivity index (χ3v) is 1.86. The molecule has 1 amide bonds. The van der Waals surface area contributed by atoms with Crippen molar-refractivity contribution in [1.29, 1.82) is 0 Å². The second kappa shape index (κ2) is 5.48. The maximum absolute atomic E-state index is 13.2. The van der Waals surface area contributed by atoms with E-state index >= 15 is 0 Å². The van der Waals surface area contributed by atoms with E-state index in [2.05, 4.69) is 0 Å². The van der Waals surface area contributed by atoms with E-state index < -0.39 is 12.9 Å². The predicted molar refractivity (Wildman–Crippen MR) is 55.5 cm³/mol. The molecule has 0 aliphatic heterocycles. The van der Waals surface area contributed by atoms with Gasteiger partial charge < -0.3 is 19.7 Å². The van der Waals surface area contributed by atoms with Crippen molar-refractivity contribution < 1.29 is 24.0 Å². The summed E-state index contributed by atoms with van der Waals surface area (Å²) in [5, 5.41) is 17.7. The fourth-order valence-corrected chi connectivity index (χ4v) is 0.993. The molecule has 0 heterocycles. The Kier molecular flexibility index (Phi) is 4.27. The molecule has 1 rings (SSSR count). The van der Waals surface area contributed by atoms with Crippen LogP contribution >= 0.6 is 0 Å². The molecule has 0 saturated carbocycles. The zero-order valence-electron chi connectivity index (χ0n) is 8.63. The molecule has 0 bridgehead atoms. The predicted octanol–water partition coefficient (Wildman–Crippen LogP) is -1.07. The Morgan fingerprint density at radius 2 is 2.25 bits per heavy atom. The molecule has 1 aromatic carbocycles. The van der Waals surface area contributed by atoms with Crippen LogP contribution in [0.5, 0.6) is 5.75 Å². The Bertz CT molecular complexity index is 375. The van der Waals surface area contributed by atoms with Crippen LogP contribution in [0.2, 0.25) is 0 Å². The second-order valence-electron chi connectivity index (χ2n) is 3.20. The number of carbonyl (C=O) groups is 1. The monoisotopic (exact) mass is 227 g/mol. The Balaban J connectivity index is 2.78. The van der Waals surface area contributed by atoms with E-state index in [-0.39, 0.29) is 17.9 Å². The highest BCUT2D eigenvalue weighted by atomic mass is 19.1. The maximum atomic E-state index is 13.2. The SMILES string of the molecule is CN(C=O)COc1cc(B(O)O)ccc1F. The van der Waals surface area contributed by atoms with Crippen molar-refractivity contribution in [2.45, 2.75) is 0 Å². The fourth-order valence-electron chi connectivity index (χ4n) is 0.993. The zero-order chi connectivity index (χ0) is 12.1. The summed E-state index contributed by atoms with van der Waals surface area (Å²) in [5.74, 6) is -0.775. The van der Waals surface area contributed by atoms with Gasteiger partial charge in [0.25, 0.3) is 0 Å². The van der Waals surface area contributed by atoms with Crippen LogP contribution in [0, 0.1) is 5.82 Å². The van der Waals surface area contributed by atoms with E-state index in [0.717, 1.165) is 6.07 Å². The summed E-state index contributed by atoms with van der Waals surface area (Å²) in [7, 11) is -0.220. The molecule has 0 unspecified atom stereocenters. The van der Waals surface area contributed by atoms with Crippen molar-refractivity contribution in [3.05, 3.63) is 24.0 Å². The lowest BCUT2D eigenvalue weighted by Crippen LogP contribution is -2.30. The van der Waals surface area contributed by atoms with E-state index in [1.807, 2.05) is 0 Å². The highest BCUT2D eigenvalue weighted by Gasteiger charge is 2.14. The van der Waals surface area contributed by atoms with Crippen LogP contribution < -0.4 is 10.2 Å². The maximum Gasteiger partial charge on any atom is 0.488 e. The smallest absolute Gasteiger partial charge is 0.470 e. The van der Waals surface area contributed by atoms with E-state index in [1.165, 1.54) is 24.1 Å².